The molecule has 0 saturated heterocycles. The molecule has 250 valence electrons. The summed E-state index contributed by atoms with van der Waals surface area (Å²) in [5, 5.41) is 16.6. The third kappa shape index (κ3) is 5.12. The van der Waals surface area contributed by atoms with Gasteiger partial charge in [0.1, 0.15) is 23.7 Å². The van der Waals surface area contributed by atoms with Crippen LogP contribution in [0.25, 0.3) is 0 Å². The number of benzene rings is 2. The molecule has 0 saturated carbocycles. The lowest BCUT2D eigenvalue weighted by Gasteiger charge is -2.55. The summed E-state index contributed by atoms with van der Waals surface area (Å²) in [7, 11) is 2.62. The molecule has 3 aliphatic carbocycles. The molecule has 0 fully saturated rings. The Labute approximate surface area is 285 Å². The van der Waals surface area contributed by atoms with E-state index in [1.54, 1.807) is 7.11 Å². The van der Waals surface area contributed by atoms with Crippen molar-refractivity contribution >= 4 is 35.8 Å². The molecule has 1 heterocycles. The van der Waals surface area contributed by atoms with Crippen LogP contribution in [0.1, 0.15) is 76.4 Å². The van der Waals surface area contributed by atoms with Crippen molar-refractivity contribution in [2.75, 3.05) is 21.2 Å². The first-order valence-electron chi connectivity index (χ1n) is 16.0. The van der Waals surface area contributed by atoms with E-state index < -0.39 is 31.7 Å². The molecule has 0 bridgehead atoms. The molecule has 0 spiro atoms. The molecule has 2 aromatic carbocycles. The predicted molar refractivity (Wildman–Crippen MR) is 184 cm³/mol. The molecule has 0 unspecified atom stereocenters. The Morgan fingerprint density at radius 1 is 1.15 bits per heavy atom. The normalized spacial score (nSPS) is 24.1. The summed E-state index contributed by atoms with van der Waals surface area (Å²) < 4.78 is 25.8. The van der Waals surface area contributed by atoms with Crippen LogP contribution in [0.2, 0.25) is 18.1 Å². The van der Waals surface area contributed by atoms with E-state index in [1.165, 1.54) is 0 Å². The first kappa shape index (κ1) is 33.6. The van der Waals surface area contributed by atoms with E-state index in [1.807, 2.05) is 62.3 Å². The van der Waals surface area contributed by atoms with E-state index in [0.717, 1.165) is 21.2 Å². The first-order chi connectivity index (χ1) is 22.0. The van der Waals surface area contributed by atoms with E-state index >= 15 is 4.79 Å². The Bertz CT molecular complexity index is 1790. The standard InChI is InChI=1S/C36H43BrN2O7Si/c1-19-24(37)17-25(43-7)22-15-21-16-23-29(39(5)6)31-28(34(38-45-31)44-18-20-13-11-10-12-14-20)33(42)36(23,46-47(8,9)35(2,3)4)32(41)27(21)30(40)26(19)22/h10-14,17,21,23,29,41H,15-16,18H2,1-9H3/t21-,23-,29-,36-/m0/s1. The number of aliphatic hydroxyl groups is 1. The number of fused-ring (bicyclic) bond motifs is 4. The SMILES string of the molecule is COc1cc(Br)c(C)c2c1C[C@H]1C[C@H]3[C@H](N(C)C)c4onc(OCc5ccccc5)c4C(=O)[C@@]3(O[Si](C)(C)C(C)(C)C)C(O)=C1C2=O. The summed E-state index contributed by atoms with van der Waals surface area (Å²) in [6, 6.07) is 11.0. The summed E-state index contributed by atoms with van der Waals surface area (Å²) in [5.41, 5.74) is 1.46. The minimum Gasteiger partial charge on any atom is -0.508 e. The van der Waals surface area contributed by atoms with Crippen molar-refractivity contribution in [2.24, 2.45) is 11.8 Å². The summed E-state index contributed by atoms with van der Waals surface area (Å²) >= 11 is 3.59. The second kappa shape index (κ2) is 11.7. The van der Waals surface area contributed by atoms with Crippen molar-refractivity contribution in [3.8, 4) is 11.6 Å². The number of carbonyl (C=O) groups is 2. The number of aromatic nitrogens is 1. The lowest BCUT2D eigenvalue weighted by molar-refractivity contribution is -0.0480. The number of allylic oxidation sites excluding steroid dienone is 1. The van der Waals surface area contributed by atoms with Crippen molar-refractivity contribution < 1.29 is 33.1 Å². The van der Waals surface area contributed by atoms with Gasteiger partial charge in [-0.15, -0.1) is 0 Å². The maximum Gasteiger partial charge on any atom is 0.265 e. The number of ether oxygens (including phenoxy) is 2. The molecular formula is C36H43BrN2O7Si. The number of rotatable bonds is 7. The Hall–Kier alpha value is -3.25. The average molecular weight is 724 g/mol. The van der Waals surface area contributed by atoms with Gasteiger partial charge >= 0.3 is 0 Å². The van der Waals surface area contributed by atoms with Crippen molar-refractivity contribution in [2.45, 2.75) is 76.9 Å². The zero-order valence-electron chi connectivity index (χ0n) is 28.5. The van der Waals surface area contributed by atoms with E-state index in [4.69, 9.17) is 18.4 Å². The van der Waals surface area contributed by atoms with Crippen LogP contribution in [0, 0.1) is 18.8 Å². The van der Waals surface area contributed by atoms with Gasteiger partial charge in [-0.05, 0) is 80.3 Å². The van der Waals surface area contributed by atoms with E-state index in [-0.39, 0.29) is 46.1 Å². The number of hydrogen-bond donors (Lipinski definition) is 1. The number of hydrogen-bond acceptors (Lipinski definition) is 9. The van der Waals surface area contributed by atoms with Crippen molar-refractivity contribution in [1.29, 1.82) is 0 Å². The van der Waals surface area contributed by atoms with Crippen LogP contribution in [-0.4, -0.2) is 61.9 Å². The molecule has 47 heavy (non-hydrogen) atoms. The number of Topliss-reactive ketones (excluding diaryl/α,β-unsaturated/α-hetero) is 2. The van der Waals surface area contributed by atoms with Gasteiger partial charge in [0.15, 0.2) is 25.5 Å². The largest absolute Gasteiger partial charge is 0.508 e. The number of nitrogens with zero attached hydrogens (tertiary/aromatic N) is 2. The number of aliphatic hydroxyl groups excluding tert-OH is 1. The van der Waals surface area contributed by atoms with Crippen LogP contribution in [0.15, 0.2) is 56.7 Å². The zero-order valence-corrected chi connectivity index (χ0v) is 31.1. The Morgan fingerprint density at radius 2 is 1.83 bits per heavy atom. The molecule has 0 amide bonds. The molecule has 0 radical (unpaired) electrons. The smallest absolute Gasteiger partial charge is 0.265 e. The highest BCUT2D eigenvalue weighted by Crippen LogP contribution is 2.60. The van der Waals surface area contributed by atoms with E-state index in [2.05, 4.69) is 55.0 Å². The number of halogens is 1. The Kier molecular flexibility index (Phi) is 8.38. The van der Waals surface area contributed by atoms with E-state index in [9.17, 15) is 9.90 Å². The highest BCUT2D eigenvalue weighted by molar-refractivity contribution is 9.10. The fourth-order valence-corrected chi connectivity index (χ4v) is 9.19. The monoisotopic (exact) mass is 722 g/mol. The predicted octanol–water partition coefficient (Wildman–Crippen LogP) is 7.78. The maximum atomic E-state index is 15.3. The lowest BCUT2D eigenvalue weighted by atomic mass is 9.58. The van der Waals surface area contributed by atoms with Crippen LogP contribution in [0.3, 0.4) is 0 Å². The Balaban J connectivity index is 1.59. The van der Waals surface area contributed by atoms with Crippen LogP contribution < -0.4 is 9.47 Å². The Morgan fingerprint density at radius 3 is 2.45 bits per heavy atom. The van der Waals surface area contributed by atoms with Gasteiger partial charge in [-0.1, -0.05) is 67.0 Å². The fourth-order valence-electron chi connectivity index (χ4n) is 7.33. The number of carbonyl (C=O) groups excluding carboxylic acids is 2. The first-order valence-corrected chi connectivity index (χ1v) is 19.7. The van der Waals surface area contributed by atoms with Crippen LogP contribution >= 0.6 is 15.9 Å². The molecule has 1 aromatic heterocycles. The second-order valence-corrected chi connectivity index (χ2v) is 20.3. The molecule has 6 rings (SSSR count). The molecule has 3 aromatic rings. The molecular weight excluding hydrogens is 680 g/mol. The third-order valence-electron chi connectivity index (χ3n) is 10.7. The third-order valence-corrected chi connectivity index (χ3v) is 16.0. The fraction of sp³-hybridized carbons (Fsp3) is 0.472. The van der Waals surface area contributed by atoms with Gasteiger partial charge in [0.2, 0.25) is 5.78 Å². The molecule has 9 nitrogen and oxygen atoms in total. The summed E-state index contributed by atoms with van der Waals surface area (Å²) in [6.07, 6.45) is 0.861. The highest BCUT2D eigenvalue weighted by Gasteiger charge is 2.67. The second-order valence-electron chi connectivity index (χ2n) is 14.7. The topological polar surface area (TPSA) is 111 Å². The van der Waals surface area contributed by atoms with Gasteiger partial charge in [0.05, 0.1) is 13.2 Å². The van der Waals surface area contributed by atoms with Crippen LogP contribution in [-0.2, 0) is 17.5 Å². The molecule has 3 aliphatic rings. The minimum absolute atomic E-state index is 0.0436. The molecule has 11 heteroatoms. The summed E-state index contributed by atoms with van der Waals surface area (Å²) in [4.78, 5) is 31.9. The van der Waals surface area contributed by atoms with Gasteiger partial charge in [0, 0.05) is 27.1 Å². The highest BCUT2D eigenvalue weighted by atomic mass is 79.9. The van der Waals surface area contributed by atoms with Gasteiger partial charge in [-0.25, -0.2) is 0 Å². The summed E-state index contributed by atoms with van der Waals surface area (Å²) in [5.74, 6) is -1.05. The van der Waals surface area contributed by atoms with Crippen molar-refractivity contribution in [3.05, 3.63) is 85.8 Å². The average Bonchev–Trinajstić information content (AvgIpc) is 3.42. The molecule has 1 N–H and O–H groups in total. The van der Waals surface area contributed by atoms with Crippen molar-refractivity contribution in [3.63, 3.8) is 0 Å². The number of ketones is 2. The summed E-state index contributed by atoms with van der Waals surface area (Å²) in [6.45, 7) is 12.4. The minimum atomic E-state index is -2.80. The van der Waals surface area contributed by atoms with E-state index in [0.29, 0.717) is 29.9 Å². The van der Waals surface area contributed by atoms with Gasteiger partial charge in [0.25, 0.3) is 5.88 Å². The van der Waals surface area contributed by atoms with Gasteiger partial charge in [-0.3, -0.25) is 14.5 Å². The van der Waals surface area contributed by atoms with Crippen molar-refractivity contribution in [1.82, 2.24) is 10.1 Å². The molecule has 0 aliphatic heterocycles. The number of methoxy groups -OCH3 is 1. The molecule has 4 atom stereocenters. The zero-order chi connectivity index (χ0) is 34.2. The van der Waals surface area contributed by atoms with Gasteiger partial charge < -0.3 is 23.5 Å². The van der Waals surface area contributed by atoms with Crippen LogP contribution in [0.4, 0.5) is 0 Å². The van der Waals surface area contributed by atoms with Crippen LogP contribution in [0.5, 0.6) is 11.6 Å². The maximum absolute atomic E-state index is 15.3. The lowest BCUT2D eigenvalue weighted by Crippen LogP contribution is -2.65. The quantitative estimate of drug-likeness (QED) is 0.245. The van der Waals surface area contributed by atoms with Gasteiger partial charge in [-0.2, -0.15) is 0 Å².